The molecule has 0 atom stereocenters. The molecule has 0 saturated heterocycles. The lowest BCUT2D eigenvalue weighted by Gasteiger charge is -2.28. The maximum absolute atomic E-state index is 13.5. The van der Waals surface area contributed by atoms with Gasteiger partial charge in [-0.05, 0) is 36.2 Å². The zero-order valence-electron chi connectivity index (χ0n) is 23.7. The lowest BCUT2D eigenvalue weighted by atomic mass is 10.2. The van der Waals surface area contributed by atoms with Crippen molar-refractivity contribution in [1.82, 2.24) is 40.4 Å². The maximum Gasteiger partial charge on any atom is 0.242 e. The zero-order chi connectivity index (χ0) is 29.6. The van der Waals surface area contributed by atoms with Gasteiger partial charge in [-0.25, -0.2) is 0 Å². The lowest BCUT2D eigenvalue weighted by molar-refractivity contribution is -0.142. The van der Waals surface area contributed by atoms with Crippen LogP contribution in [0.15, 0.2) is 91.3 Å². The minimum absolute atomic E-state index is 0.0742. The Balaban J connectivity index is 1.33. The number of aromatic nitrogens is 4. The third kappa shape index (κ3) is 9.34. The monoisotopic (exact) mass is 568 g/mol. The number of carbonyl (C=O) groups excluding carboxylic acids is 3. The topological polar surface area (TPSA) is 125 Å². The van der Waals surface area contributed by atoms with Crippen molar-refractivity contribution in [3.8, 4) is 11.4 Å². The van der Waals surface area contributed by atoms with E-state index in [9.17, 15) is 14.4 Å². The maximum atomic E-state index is 13.5. The van der Waals surface area contributed by atoms with Gasteiger partial charge in [-0.1, -0.05) is 71.9 Å². The highest BCUT2D eigenvalue weighted by molar-refractivity contribution is 5.88. The van der Waals surface area contributed by atoms with Gasteiger partial charge in [-0.2, -0.15) is 0 Å². The Morgan fingerprint density at radius 2 is 1.43 bits per heavy atom. The van der Waals surface area contributed by atoms with Crippen molar-refractivity contribution in [2.45, 2.75) is 26.1 Å². The molecular weight excluding hydrogens is 532 g/mol. The first-order valence-corrected chi connectivity index (χ1v) is 13.9. The van der Waals surface area contributed by atoms with Gasteiger partial charge in [0.05, 0.1) is 25.0 Å². The van der Waals surface area contributed by atoms with Crippen LogP contribution < -0.4 is 10.6 Å². The Morgan fingerprint density at radius 3 is 2.05 bits per heavy atom. The van der Waals surface area contributed by atoms with Crippen LogP contribution in [0.3, 0.4) is 0 Å². The summed E-state index contributed by atoms with van der Waals surface area (Å²) in [5.74, 6) is -0.784. The number of likely N-dealkylation sites (N-methyl/N-ethyl adjacent to an activating group) is 1. The Morgan fingerprint density at radius 1 is 0.786 bits per heavy atom. The van der Waals surface area contributed by atoms with Crippen molar-refractivity contribution in [3.63, 3.8) is 0 Å². The molecule has 4 aromatic rings. The molecule has 2 heterocycles. The van der Waals surface area contributed by atoms with Crippen molar-refractivity contribution >= 4 is 17.7 Å². The van der Waals surface area contributed by atoms with Crippen LogP contribution >= 0.6 is 0 Å². The summed E-state index contributed by atoms with van der Waals surface area (Å²) in [6.07, 6.45) is 4.29. The molecule has 0 bridgehead atoms. The molecule has 2 aromatic carbocycles. The van der Waals surface area contributed by atoms with E-state index in [0.717, 1.165) is 23.2 Å². The number of nitrogens with one attached hydrogen (secondary N) is 2. The number of carbonyl (C=O) groups is 3. The fourth-order valence-corrected chi connectivity index (χ4v) is 4.30. The molecule has 3 amide bonds. The highest BCUT2D eigenvalue weighted by Crippen LogP contribution is 2.12. The van der Waals surface area contributed by atoms with E-state index in [2.05, 4.69) is 25.9 Å². The molecule has 0 spiro atoms. The number of pyridine rings is 1. The van der Waals surface area contributed by atoms with E-state index in [1.165, 1.54) is 16.8 Å². The van der Waals surface area contributed by atoms with Gasteiger partial charge < -0.3 is 20.4 Å². The lowest BCUT2D eigenvalue weighted by Crippen LogP contribution is -2.47. The molecule has 42 heavy (non-hydrogen) atoms. The van der Waals surface area contributed by atoms with Gasteiger partial charge in [0.2, 0.25) is 17.7 Å². The summed E-state index contributed by atoms with van der Waals surface area (Å²) in [5.41, 5.74) is 3.28. The van der Waals surface area contributed by atoms with E-state index < -0.39 is 0 Å². The van der Waals surface area contributed by atoms with Crippen LogP contribution in [0.4, 0.5) is 0 Å². The van der Waals surface area contributed by atoms with Crippen molar-refractivity contribution in [2.75, 3.05) is 33.2 Å². The number of hydrogen-bond acceptors (Lipinski definition) is 7. The normalized spacial score (nSPS) is 10.7. The first-order valence-electron chi connectivity index (χ1n) is 13.9. The second-order valence-corrected chi connectivity index (χ2v) is 9.76. The van der Waals surface area contributed by atoms with Crippen LogP contribution in [0.25, 0.3) is 11.4 Å². The average Bonchev–Trinajstić information content (AvgIpc) is 3.50. The van der Waals surface area contributed by atoms with Gasteiger partial charge in [0.25, 0.3) is 0 Å². The summed E-state index contributed by atoms with van der Waals surface area (Å²) in [6.45, 7) is 1.58. The smallest absolute Gasteiger partial charge is 0.242 e. The third-order valence-electron chi connectivity index (χ3n) is 6.56. The zero-order valence-corrected chi connectivity index (χ0v) is 23.7. The average molecular weight is 569 g/mol. The first kappa shape index (κ1) is 30.1. The molecule has 0 unspecified atom stereocenters. The summed E-state index contributed by atoms with van der Waals surface area (Å²) >= 11 is 0. The second-order valence-electron chi connectivity index (χ2n) is 9.76. The molecule has 0 fully saturated rings. The number of rotatable bonds is 15. The summed E-state index contributed by atoms with van der Waals surface area (Å²) in [7, 11) is 1.53. The number of benzene rings is 2. The number of nitrogens with zero attached hydrogens (tertiary/aromatic N) is 6. The largest absolute Gasteiger partial charge is 0.358 e. The summed E-state index contributed by atoms with van der Waals surface area (Å²) in [5, 5.41) is 14.1. The minimum atomic E-state index is -0.304. The number of amides is 3. The Kier molecular flexibility index (Phi) is 11.3. The van der Waals surface area contributed by atoms with Gasteiger partial charge in [0.1, 0.15) is 12.2 Å². The van der Waals surface area contributed by atoms with E-state index >= 15 is 0 Å². The molecule has 0 aliphatic heterocycles. The van der Waals surface area contributed by atoms with E-state index in [4.69, 9.17) is 0 Å². The Labute approximate surface area is 245 Å². The molecule has 0 aliphatic carbocycles. The summed E-state index contributed by atoms with van der Waals surface area (Å²) < 4.78 is 1.75. The summed E-state index contributed by atoms with van der Waals surface area (Å²) in [6, 6.07) is 24.6. The van der Waals surface area contributed by atoms with E-state index in [1.54, 1.807) is 10.9 Å². The third-order valence-corrected chi connectivity index (χ3v) is 6.56. The van der Waals surface area contributed by atoms with Crippen LogP contribution in [0.5, 0.6) is 0 Å². The molecule has 0 aliphatic rings. The van der Waals surface area contributed by atoms with Crippen molar-refractivity contribution < 1.29 is 14.4 Å². The van der Waals surface area contributed by atoms with Crippen molar-refractivity contribution in [2.24, 2.45) is 0 Å². The molecule has 0 saturated carbocycles. The fraction of sp³-hybridized carbons (Fsp3) is 0.290. The van der Waals surface area contributed by atoms with Crippen molar-refractivity contribution in [1.29, 1.82) is 0 Å². The molecular formula is C31H36N8O3. The van der Waals surface area contributed by atoms with E-state index in [-0.39, 0.29) is 50.4 Å². The highest BCUT2D eigenvalue weighted by Gasteiger charge is 2.23. The van der Waals surface area contributed by atoms with Crippen LogP contribution in [-0.2, 0) is 34.0 Å². The second kappa shape index (κ2) is 15.8. The van der Waals surface area contributed by atoms with Gasteiger partial charge >= 0.3 is 0 Å². The Bertz CT molecular complexity index is 1410. The Hall–Kier alpha value is -4.90. The summed E-state index contributed by atoms with van der Waals surface area (Å²) in [4.78, 5) is 46.3. The first-order chi connectivity index (χ1) is 20.5. The molecule has 2 N–H and O–H groups in total. The molecule has 4 rings (SSSR count). The van der Waals surface area contributed by atoms with Crippen molar-refractivity contribution in [3.05, 3.63) is 102 Å². The molecule has 11 nitrogen and oxygen atoms in total. The van der Waals surface area contributed by atoms with Crippen LogP contribution in [0, 0.1) is 0 Å². The molecule has 2 aromatic heterocycles. The predicted octanol–water partition coefficient (Wildman–Crippen LogP) is 2.12. The van der Waals surface area contributed by atoms with Crippen LogP contribution in [0.1, 0.15) is 17.5 Å². The van der Waals surface area contributed by atoms with E-state index in [0.29, 0.717) is 18.8 Å². The van der Waals surface area contributed by atoms with Gasteiger partial charge in [-0.3, -0.25) is 24.0 Å². The van der Waals surface area contributed by atoms with Gasteiger partial charge in [0, 0.05) is 32.9 Å². The minimum Gasteiger partial charge on any atom is -0.358 e. The standard InChI is InChI=1S/C31H36N8O3/c1-32-29(40)23-37(20-25-11-4-2-5-12-25)31(42)24-38(21-26-13-6-3-7-14-26)30(41)19-33-16-10-18-39-22-28(35-36-39)27-15-8-9-17-34-27/h2-9,11-15,17,22,33H,10,16,18-21,23-24H2,1H3,(H,32,40). The fourth-order valence-electron chi connectivity index (χ4n) is 4.30. The van der Waals surface area contributed by atoms with E-state index in [1.807, 2.05) is 85.1 Å². The quantitative estimate of drug-likeness (QED) is 0.211. The highest BCUT2D eigenvalue weighted by atomic mass is 16.2. The molecule has 11 heteroatoms. The van der Waals surface area contributed by atoms with Gasteiger partial charge in [0.15, 0.2) is 0 Å². The van der Waals surface area contributed by atoms with Crippen LogP contribution in [-0.4, -0.2) is 80.7 Å². The predicted molar refractivity (Wildman–Crippen MR) is 159 cm³/mol. The van der Waals surface area contributed by atoms with Crippen LogP contribution in [0.2, 0.25) is 0 Å². The molecule has 0 radical (unpaired) electrons. The molecule has 218 valence electrons. The van der Waals surface area contributed by atoms with Gasteiger partial charge in [-0.15, -0.1) is 5.10 Å². The SMILES string of the molecule is CNC(=O)CN(Cc1ccccc1)C(=O)CN(Cc1ccccc1)C(=O)CNCCCn1cc(-c2ccccn2)nn1. The number of aryl methyl sites for hydroxylation is 1. The number of hydrogen-bond donors (Lipinski definition) is 2.